The summed E-state index contributed by atoms with van der Waals surface area (Å²) in [5.41, 5.74) is 0. The minimum absolute atomic E-state index is 0.453. The van der Waals surface area contributed by atoms with E-state index in [1.54, 1.807) is 0 Å². The summed E-state index contributed by atoms with van der Waals surface area (Å²) in [6, 6.07) is 0. The van der Waals surface area contributed by atoms with Crippen LogP contribution in [0.15, 0.2) is 0 Å². The third-order valence-electron chi connectivity index (χ3n) is 4.65. The molecule has 0 aromatic heterocycles. The van der Waals surface area contributed by atoms with Crippen LogP contribution >= 0.6 is 0 Å². The summed E-state index contributed by atoms with van der Waals surface area (Å²) < 4.78 is 0. The molecule has 0 spiro atoms. The molecular formula is C11H16O. The zero-order chi connectivity index (χ0) is 8.13. The molecule has 0 unspecified atom stereocenters. The predicted molar refractivity (Wildman–Crippen MR) is 46.6 cm³/mol. The Morgan fingerprint density at radius 1 is 1.00 bits per heavy atom. The highest BCUT2D eigenvalue weighted by Gasteiger charge is 2.53. The maximum absolute atomic E-state index is 10.8. The van der Waals surface area contributed by atoms with Gasteiger partial charge in [0.1, 0.15) is 6.29 Å². The predicted octanol–water partition coefficient (Wildman–Crippen LogP) is 2.26. The second-order valence-corrected chi connectivity index (χ2v) is 4.95. The molecule has 0 aliphatic heterocycles. The largest absolute Gasteiger partial charge is 0.303 e. The number of hydrogen-bond acceptors (Lipinski definition) is 1. The molecule has 5 atom stereocenters. The second-order valence-electron chi connectivity index (χ2n) is 4.95. The normalized spacial score (nSPS) is 55.8. The van der Waals surface area contributed by atoms with Crippen molar-refractivity contribution in [3.8, 4) is 0 Å². The Morgan fingerprint density at radius 2 is 1.83 bits per heavy atom. The zero-order valence-corrected chi connectivity index (χ0v) is 7.41. The van der Waals surface area contributed by atoms with Crippen molar-refractivity contribution in [3.63, 3.8) is 0 Å². The molecule has 0 radical (unpaired) electrons. The lowest BCUT2D eigenvalue weighted by Gasteiger charge is -2.28. The minimum atomic E-state index is 0.453. The topological polar surface area (TPSA) is 17.1 Å². The fourth-order valence-electron chi connectivity index (χ4n) is 4.28. The van der Waals surface area contributed by atoms with Gasteiger partial charge in [-0.25, -0.2) is 0 Å². The van der Waals surface area contributed by atoms with Crippen LogP contribution in [0.5, 0.6) is 0 Å². The standard InChI is InChI=1S/C11H16O/c12-6-8-4-7-5-11(8)10-3-1-2-9(7)10/h6-11H,1-5H2/t7-,8-,9+,10+,11-/m0/s1. The first kappa shape index (κ1) is 7.11. The maximum Gasteiger partial charge on any atom is 0.123 e. The Balaban J connectivity index is 1.87. The van der Waals surface area contributed by atoms with E-state index < -0.39 is 0 Å². The van der Waals surface area contributed by atoms with Crippen molar-refractivity contribution < 1.29 is 4.79 Å². The molecule has 2 bridgehead atoms. The molecular weight excluding hydrogens is 148 g/mol. The highest BCUT2D eigenvalue weighted by Crippen LogP contribution is 2.60. The van der Waals surface area contributed by atoms with E-state index in [4.69, 9.17) is 0 Å². The molecule has 3 fully saturated rings. The van der Waals surface area contributed by atoms with E-state index in [1.165, 1.54) is 38.4 Å². The van der Waals surface area contributed by atoms with E-state index >= 15 is 0 Å². The van der Waals surface area contributed by atoms with Crippen LogP contribution in [0.2, 0.25) is 0 Å². The molecule has 3 aliphatic rings. The summed E-state index contributed by atoms with van der Waals surface area (Å²) in [4.78, 5) is 10.8. The van der Waals surface area contributed by atoms with Crippen LogP contribution in [0.3, 0.4) is 0 Å². The Kier molecular flexibility index (Phi) is 1.38. The summed E-state index contributed by atoms with van der Waals surface area (Å²) in [5, 5.41) is 0. The molecule has 0 saturated heterocycles. The molecule has 0 aromatic carbocycles. The average molecular weight is 164 g/mol. The van der Waals surface area contributed by atoms with Gasteiger partial charge in [-0.3, -0.25) is 0 Å². The van der Waals surface area contributed by atoms with E-state index in [0.29, 0.717) is 5.92 Å². The van der Waals surface area contributed by atoms with Crippen LogP contribution < -0.4 is 0 Å². The van der Waals surface area contributed by atoms with E-state index in [0.717, 1.165) is 23.7 Å². The molecule has 1 nitrogen and oxygen atoms in total. The number of fused-ring (bicyclic) bond motifs is 5. The zero-order valence-electron chi connectivity index (χ0n) is 7.41. The van der Waals surface area contributed by atoms with Crippen molar-refractivity contribution >= 4 is 6.29 Å². The van der Waals surface area contributed by atoms with Crippen molar-refractivity contribution in [2.75, 3.05) is 0 Å². The number of carbonyl (C=O) groups is 1. The second kappa shape index (κ2) is 2.34. The van der Waals surface area contributed by atoms with Gasteiger partial charge in [-0.05, 0) is 49.4 Å². The van der Waals surface area contributed by atoms with E-state index in [9.17, 15) is 4.79 Å². The SMILES string of the molecule is O=C[C@@H]1C[C@H]2C[C@@H]1[C@@H]1CCC[C@H]21. The Morgan fingerprint density at radius 3 is 2.67 bits per heavy atom. The van der Waals surface area contributed by atoms with Crippen LogP contribution in [0.1, 0.15) is 32.1 Å². The lowest BCUT2D eigenvalue weighted by molar-refractivity contribution is -0.113. The summed E-state index contributed by atoms with van der Waals surface area (Å²) in [7, 11) is 0. The first-order valence-electron chi connectivity index (χ1n) is 5.35. The first-order chi connectivity index (χ1) is 5.90. The molecule has 0 aromatic rings. The summed E-state index contributed by atoms with van der Waals surface area (Å²) in [6.45, 7) is 0. The molecule has 3 saturated carbocycles. The average Bonchev–Trinajstić information content (AvgIpc) is 2.75. The number of aldehydes is 1. The molecule has 0 N–H and O–H groups in total. The van der Waals surface area contributed by atoms with Crippen molar-refractivity contribution in [1.82, 2.24) is 0 Å². The van der Waals surface area contributed by atoms with Gasteiger partial charge in [0, 0.05) is 5.92 Å². The Hall–Kier alpha value is -0.330. The fourth-order valence-corrected chi connectivity index (χ4v) is 4.28. The van der Waals surface area contributed by atoms with Crippen molar-refractivity contribution in [3.05, 3.63) is 0 Å². The van der Waals surface area contributed by atoms with Gasteiger partial charge in [-0.1, -0.05) is 6.42 Å². The fraction of sp³-hybridized carbons (Fsp3) is 0.909. The molecule has 1 heteroatoms. The molecule has 0 amide bonds. The van der Waals surface area contributed by atoms with Crippen molar-refractivity contribution in [2.24, 2.45) is 29.6 Å². The van der Waals surface area contributed by atoms with Crippen LogP contribution in [-0.4, -0.2) is 6.29 Å². The third-order valence-corrected chi connectivity index (χ3v) is 4.65. The molecule has 3 aliphatic carbocycles. The summed E-state index contributed by atoms with van der Waals surface area (Å²) >= 11 is 0. The van der Waals surface area contributed by atoms with E-state index in [-0.39, 0.29) is 0 Å². The quantitative estimate of drug-likeness (QED) is 0.543. The van der Waals surface area contributed by atoms with Gasteiger partial charge < -0.3 is 4.79 Å². The van der Waals surface area contributed by atoms with E-state index in [1.807, 2.05) is 0 Å². The van der Waals surface area contributed by atoms with Gasteiger partial charge in [-0.15, -0.1) is 0 Å². The van der Waals surface area contributed by atoms with Gasteiger partial charge in [0.05, 0.1) is 0 Å². The van der Waals surface area contributed by atoms with Crippen LogP contribution in [-0.2, 0) is 4.79 Å². The maximum atomic E-state index is 10.8. The molecule has 3 rings (SSSR count). The van der Waals surface area contributed by atoms with E-state index in [2.05, 4.69) is 0 Å². The van der Waals surface area contributed by atoms with Crippen molar-refractivity contribution in [1.29, 1.82) is 0 Å². The summed E-state index contributed by atoms with van der Waals surface area (Å²) in [6.07, 6.45) is 8.19. The monoisotopic (exact) mass is 164 g/mol. The van der Waals surface area contributed by atoms with Gasteiger partial charge >= 0.3 is 0 Å². The van der Waals surface area contributed by atoms with Crippen LogP contribution in [0.4, 0.5) is 0 Å². The number of hydrogen-bond donors (Lipinski definition) is 0. The van der Waals surface area contributed by atoms with Gasteiger partial charge in [0.25, 0.3) is 0 Å². The Bertz CT molecular complexity index is 211. The third kappa shape index (κ3) is 0.725. The van der Waals surface area contributed by atoms with Gasteiger partial charge in [0.15, 0.2) is 0 Å². The molecule has 66 valence electrons. The van der Waals surface area contributed by atoms with Crippen LogP contribution in [0, 0.1) is 29.6 Å². The molecule has 12 heavy (non-hydrogen) atoms. The first-order valence-corrected chi connectivity index (χ1v) is 5.35. The highest BCUT2D eigenvalue weighted by molar-refractivity contribution is 5.55. The lowest BCUT2D eigenvalue weighted by Crippen LogP contribution is -2.24. The molecule has 0 heterocycles. The van der Waals surface area contributed by atoms with Gasteiger partial charge in [0.2, 0.25) is 0 Å². The number of rotatable bonds is 1. The smallest absolute Gasteiger partial charge is 0.123 e. The minimum Gasteiger partial charge on any atom is -0.303 e. The van der Waals surface area contributed by atoms with Crippen molar-refractivity contribution in [2.45, 2.75) is 32.1 Å². The van der Waals surface area contributed by atoms with Gasteiger partial charge in [-0.2, -0.15) is 0 Å². The Labute approximate surface area is 73.5 Å². The highest BCUT2D eigenvalue weighted by atomic mass is 16.1. The number of carbonyl (C=O) groups excluding carboxylic acids is 1. The lowest BCUT2D eigenvalue weighted by atomic mass is 9.76. The summed E-state index contributed by atoms with van der Waals surface area (Å²) in [5.74, 6) is 4.19. The van der Waals surface area contributed by atoms with Crippen LogP contribution in [0.25, 0.3) is 0 Å².